The van der Waals surface area contributed by atoms with Crippen LogP contribution in [0.25, 0.3) is 6.08 Å². The Bertz CT molecular complexity index is 958. The van der Waals surface area contributed by atoms with Gasteiger partial charge >= 0.3 is 5.97 Å². The zero-order valence-corrected chi connectivity index (χ0v) is 15.9. The van der Waals surface area contributed by atoms with Gasteiger partial charge in [0.1, 0.15) is 5.75 Å². The molecule has 0 atom stereocenters. The van der Waals surface area contributed by atoms with Crippen LogP contribution in [0, 0.1) is 0 Å². The van der Waals surface area contributed by atoms with Gasteiger partial charge in [0.25, 0.3) is 5.91 Å². The Morgan fingerprint density at radius 1 is 1.22 bits per heavy atom. The van der Waals surface area contributed by atoms with E-state index in [1.807, 2.05) is 0 Å². The topological polar surface area (TPSA) is 88.0 Å². The molecule has 138 valence electrons. The van der Waals surface area contributed by atoms with Crippen molar-refractivity contribution in [2.75, 3.05) is 6.61 Å². The highest BCUT2D eigenvalue weighted by molar-refractivity contribution is 8.18. The van der Waals surface area contributed by atoms with Crippen LogP contribution in [-0.2, 0) is 9.59 Å². The second-order valence-corrected chi connectivity index (χ2v) is 7.20. The van der Waals surface area contributed by atoms with Gasteiger partial charge in [0, 0.05) is 5.02 Å². The van der Waals surface area contributed by atoms with E-state index < -0.39 is 12.6 Å². The number of nitrogens with zero attached hydrogens (tertiary/aromatic N) is 1. The minimum Gasteiger partial charge on any atom is -0.482 e. The van der Waals surface area contributed by atoms with E-state index in [9.17, 15) is 9.59 Å². The van der Waals surface area contributed by atoms with Crippen molar-refractivity contribution in [1.29, 1.82) is 0 Å². The Balaban J connectivity index is 1.73. The van der Waals surface area contributed by atoms with Crippen molar-refractivity contribution in [1.82, 2.24) is 5.32 Å². The van der Waals surface area contributed by atoms with Crippen LogP contribution in [0.15, 0.2) is 52.4 Å². The van der Waals surface area contributed by atoms with Crippen LogP contribution in [0.5, 0.6) is 5.75 Å². The van der Waals surface area contributed by atoms with Crippen molar-refractivity contribution in [3.63, 3.8) is 0 Å². The Labute approximate surface area is 168 Å². The van der Waals surface area contributed by atoms with Crippen molar-refractivity contribution < 1.29 is 19.4 Å². The van der Waals surface area contributed by atoms with Crippen molar-refractivity contribution in [2.45, 2.75) is 0 Å². The van der Waals surface area contributed by atoms with Gasteiger partial charge in [-0.05, 0) is 53.7 Å². The number of carboxylic acid groups (broad SMARTS) is 1. The molecule has 1 saturated heterocycles. The van der Waals surface area contributed by atoms with E-state index in [2.05, 4.69) is 10.3 Å². The summed E-state index contributed by atoms with van der Waals surface area (Å²) in [6.07, 6.45) is 1.70. The number of hydrogen-bond acceptors (Lipinski definition) is 5. The first-order valence-electron chi connectivity index (χ1n) is 7.60. The lowest BCUT2D eigenvalue weighted by atomic mass is 10.2. The van der Waals surface area contributed by atoms with Crippen LogP contribution in [0.4, 0.5) is 5.69 Å². The van der Waals surface area contributed by atoms with Crippen LogP contribution in [0.2, 0.25) is 10.0 Å². The minimum atomic E-state index is -1.05. The molecule has 0 unspecified atom stereocenters. The summed E-state index contributed by atoms with van der Waals surface area (Å²) in [6, 6.07) is 11.6. The van der Waals surface area contributed by atoms with Gasteiger partial charge in [-0.1, -0.05) is 35.3 Å². The maximum atomic E-state index is 12.1. The number of aliphatic imine (C=N–C) groups is 1. The number of halogens is 2. The number of amides is 1. The van der Waals surface area contributed by atoms with Crippen molar-refractivity contribution in [3.05, 3.63) is 63.0 Å². The fourth-order valence-corrected chi connectivity index (χ4v) is 3.40. The van der Waals surface area contributed by atoms with E-state index in [-0.39, 0.29) is 5.91 Å². The number of nitrogens with one attached hydrogen (secondary N) is 1. The zero-order valence-electron chi connectivity index (χ0n) is 13.6. The molecule has 1 aliphatic rings. The second kappa shape index (κ2) is 8.47. The average molecular weight is 423 g/mol. The second-order valence-electron chi connectivity index (χ2n) is 5.33. The summed E-state index contributed by atoms with van der Waals surface area (Å²) in [4.78, 5) is 27.4. The molecule has 0 aromatic heterocycles. The molecule has 1 aliphatic heterocycles. The van der Waals surface area contributed by atoms with E-state index >= 15 is 0 Å². The molecule has 6 nitrogen and oxygen atoms in total. The van der Waals surface area contributed by atoms with Crippen LogP contribution in [0.1, 0.15) is 5.56 Å². The SMILES string of the molecule is O=C(O)COc1ccc(/C=C2/SC(=Nc3ccc(Cl)cc3Cl)NC2=O)cc1. The monoisotopic (exact) mass is 422 g/mol. The summed E-state index contributed by atoms with van der Waals surface area (Å²) in [6.45, 7) is -0.411. The Morgan fingerprint density at radius 2 is 1.96 bits per heavy atom. The standard InChI is InChI=1S/C18H12Cl2N2O4S/c19-11-3-6-14(13(20)8-11)21-18-22-17(25)15(27-18)7-10-1-4-12(5-2-10)26-9-16(23)24/h1-8H,9H2,(H,23,24)(H,21,22,25)/b15-7+. The highest BCUT2D eigenvalue weighted by Gasteiger charge is 2.24. The van der Waals surface area contributed by atoms with Gasteiger partial charge in [-0.25, -0.2) is 9.79 Å². The molecular formula is C18H12Cl2N2O4S. The number of amidine groups is 1. The molecule has 1 amide bonds. The summed E-state index contributed by atoms with van der Waals surface area (Å²) in [7, 11) is 0. The number of carboxylic acids is 1. The largest absolute Gasteiger partial charge is 0.482 e. The molecular weight excluding hydrogens is 411 g/mol. The van der Waals surface area contributed by atoms with E-state index in [0.717, 1.165) is 5.56 Å². The summed E-state index contributed by atoms with van der Waals surface area (Å²) in [5.41, 5.74) is 1.27. The number of carbonyl (C=O) groups excluding carboxylic acids is 1. The third kappa shape index (κ3) is 5.26. The van der Waals surface area contributed by atoms with Gasteiger partial charge < -0.3 is 15.2 Å². The van der Waals surface area contributed by atoms with E-state index in [1.54, 1.807) is 48.5 Å². The molecule has 1 fully saturated rings. The predicted octanol–water partition coefficient (Wildman–Crippen LogP) is 4.35. The van der Waals surface area contributed by atoms with Crippen molar-refractivity contribution in [3.8, 4) is 5.75 Å². The van der Waals surface area contributed by atoms with Gasteiger partial charge in [0.05, 0.1) is 15.6 Å². The summed E-state index contributed by atoms with van der Waals surface area (Å²) >= 11 is 13.1. The van der Waals surface area contributed by atoms with Crippen molar-refractivity contribution >= 4 is 63.8 Å². The zero-order chi connectivity index (χ0) is 19.4. The normalized spacial score (nSPS) is 16.6. The molecule has 0 bridgehead atoms. The first-order chi connectivity index (χ1) is 12.9. The quantitative estimate of drug-likeness (QED) is 0.699. The highest BCUT2D eigenvalue weighted by Crippen LogP contribution is 2.32. The molecule has 2 aromatic rings. The van der Waals surface area contributed by atoms with Crippen LogP contribution in [0.3, 0.4) is 0 Å². The molecule has 9 heteroatoms. The van der Waals surface area contributed by atoms with Crippen molar-refractivity contribution in [2.24, 2.45) is 4.99 Å². The number of ether oxygens (including phenoxy) is 1. The average Bonchev–Trinajstić information content (AvgIpc) is 2.96. The maximum Gasteiger partial charge on any atom is 0.341 e. The summed E-state index contributed by atoms with van der Waals surface area (Å²) < 4.78 is 5.07. The number of thioether (sulfide) groups is 1. The fourth-order valence-electron chi connectivity index (χ4n) is 2.12. The first kappa shape index (κ1) is 19.3. The Kier molecular flexibility index (Phi) is 6.05. The number of aliphatic carboxylic acids is 1. The third-order valence-electron chi connectivity index (χ3n) is 3.32. The molecule has 0 spiro atoms. The van der Waals surface area contributed by atoms with Crippen LogP contribution >= 0.6 is 35.0 Å². The van der Waals surface area contributed by atoms with Gasteiger partial charge in [-0.3, -0.25) is 4.79 Å². The summed E-state index contributed by atoms with van der Waals surface area (Å²) in [5.74, 6) is -0.884. The summed E-state index contributed by atoms with van der Waals surface area (Å²) in [5, 5.41) is 12.6. The smallest absolute Gasteiger partial charge is 0.341 e. The maximum absolute atomic E-state index is 12.1. The van der Waals surface area contributed by atoms with Gasteiger partial charge in [-0.15, -0.1) is 0 Å². The third-order valence-corrected chi connectivity index (χ3v) is 4.77. The number of hydrogen-bond donors (Lipinski definition) is 2. The first-order valence-corrected chi connectivity index (χ1v) is 9.17. The predicted molar refractivity (Wildman–Crippen MR) is 107 cm³/mol. The highest BCUT2D eigenvalue weighted by atomic mass is 35.5. The van der Waals surface area contributed by atoms with E-state index in [0.29, 0.717) is 31.6 Å². The number of rotatable bonds is 5. The molecule has 0 radical (unpaired) electrons. The molecule has 0 saturated carbocycles. The molecule has 2 aromatic carbocycles. The lowest BCUT2D eigenvalue weighted by molar-refractivity contribution is -0.139. The molecule has 27 heavy (non-hydrogen) atoms. The van der Waals surface area contributed by atoms with Gasteiger partial charge in [0.2, 0.25) is 0 Å². The van der Waals surface area contributed by atoms with E-state index in [4.69, 9.17) is 33.0 Å². The Morgan fingerprint density at radius 3 is 2.63 bits per heavy atom. The van der Waals surface area contributed by atoms with Gasteiger partial charge in [-0.2, -0.15) is 0 Å². The lowest BCUT2D eigenvalue weighted by Gasteiger charge is -2.03. The van der Waals surface area contributed by atoms with Crippen LogP contribution in [-0.4, -0.2) is 28.8 Å². The fraction of sp³-hybridized carbons (Fsp3) is 0.0556. The lowest BCUT2D eigenvalue weighted by Crippen LogP contribution is -2.19. The van der Waals surface area contributed by atoms with E-state index in [1.165, 1.54) is 11.8 Å². The molecule has 1 heterocycles. The number of carbonyl (C=O) groups is 2. The number of benzene rings is 2. The molecule has 3 rings (SSSR count). The van der Waals surface area contributed by atoms with Crippen LogP contribution < -0.4 is 10.1 Å². The Hall–Kier alpha value is -2.48. The van der Waals surface area contributed by atoms with Gasteiger partial charge in [0.15, 0.2) is 11.8 Å². The molecule has 0 aliphatic carbocycles. The molecule has 2 N–H and O–H groups in total. The minimum absolute atomic E-state index is 0.268.